The minimum absolute atomic E-state index is 0.250. The molecule has 12 heavy (non-hydrogen) atoms. The fraction of sp³-hybridized carbons (Fsp3) is 1.00. The predicted molar refractivity (Wildman–Crippen MR) is 46.0 cm³/mol. The van der Waals surface area contributed by atoms with Gasteiger partial charge in [0, 0.05) is 12.5 Å². The summed E-state index contributed by atoms with van der Waals surface area (Å²) in [4.78, 5) is 0. The van der Waals surface area contributed by atoms with E-state index in [1.54, 1.807) is 0 Å². The summed E-state index contributed by atoms with van der Waals surface area (Å²) in [5.41, 5.74) is 0. The van der Waals surface area contributed by atoms with Crippen LogP contribution >= 0.6 is 0 Å². The van der Waals surface area contributed by atoms with E-state index >= 15 is 0 Å². The maximum absolute atomic E-state index is 9.48. The second-order valence-corrected chi connectivity index (χ2v) is 3.57. The molecule has 2 unspecified atom stereocenters. The van der Waals surface area contributed by atoms with Gasteiger partial charge >= 0.3 is 0 Å². The largest absolute Gasteiger partial charge is 0.390 e. The molecule has 3 nitrogen and oxygen atoms in total. The van der Waals surface area contributed by atoms with Crippen LogP contribution in [-0.2, 0) is 9.47 Å². The van der Waals surface area contributed by atoms with E-state index in [0.29, 0.717) is 13.2 Å². The van der Waals surface area contributed by atoms with E-state index in [0.717, 1.165) is 13.0 Å². The van der Waals surface area contributed by atoms with Crippen molar-refractivity contribution in [1.82, 2.24) is 0 Å². The molecule has 0 spiro atoms. The van der Waals surface area contributed by atoms with Crippen LogP contribution in [0.15, 0.2) is 0 Å². The van der Waals surface area contributed by atoms with E-state index < -0.39 is 0 Å². The molecule has 0 aromatic rings. The molecule has 1 rings (SSSR count). The third kappa shape index (κ3) is 3.09. The van der Waals surface area contributed by atoms with Crippen LogP contribution in [-0.4, -0.2) is 37.1 Å². The van der Waals surface area contributed by atoms with Crippen molar-refractivity contribution in [2.24, 2.45) is 5.92 Å². The van der Waals surface area contributed by atoms with E-state index in [-0.39, 0.29) is 18.1 Å². The van der Waals surface area contributed by atoms with Crippen molar-refractivity contribution >= 4 is 0 Å². The van der Waals surface area contributed by atoms with Crippen molar-refractivity contribution in [2.45, 2.75) is 32.5 Å². The van der Waals surface area contributed by atoms with Crippen molar-refractivity contribution in [3.8, 4) is 0 Å². The highest BCUT2D eigenvalue weighted by molar-refractivity contribution is 4.72. The maximum atomic E-state index is 9.48. The molecule has 1 heterocycles. The van der Waals surface area contributed by atoms with Crippen LogP contribution in [0.4, 0.5) is 0 Å². The zero-order valence-corrected chi connectivity index (χ0v) is 7.82. The van der Waals surface area contributed by atoms with Gasteiger partial charge in [0.1, 0.15) is 0 Å². The van der Waals surface area contributed by atoms with Gasteiger partial charge in [-0.2, -0.15) is 0 Å². The van der Waals surface area contributed by atoms with Crippen molar-refractivity contribution in [3.63, 3.8) is 0 Å². The topological polar surface area (TPSA) is 38.7 Å². The summed E-state index contributed by atoms with van der Waals surface area (Å²) in [6.45, 7) is 5.88. The zero-order valence-electron chi connectivity index (χ0n) is 7.82. The molecule has 0 aromatic carbocycles. The van der Waals surface area contributed by atoms with Crippen LogP contribution in [0.25, 0.3) is 0 Å². The highest BCUT2D eigenvalue weighted by atomic mass is 16.5. The number of hydrogen-bond acceptors (Lipinski definition) is 3. The Morgan fingerprint density at radius 1 is 1.58 bits per heavy atom. The first-order valence-electron chi connectivity index (χ1n) is 4.57. The van der Waals surface area contributed by atoms with Crippen LogP contribution in [0, 0.1) is 5.92 Å². The van der Waals surface area contributed by atoms with Crippen molar-refractivity contribution in [2.75, 3.05) is 19.8 Å². The SMILES string of the molecule is CC(C)OCC1CCOCC1O. The van der Waals surface area contributed by atoms with Gasteiger partial charge < -0.3 is 14.6 Å². The molecule has 1 saturated heterocycles. The fourth-order valence-corrected chi connectivity index (χ4v) is 1.28. The van der Waals surface area contributed by atoms with E-state index in [2.05, 4.69) is 0 Å². The summed E-state index contributed by atoms with van der Waals surface area (Å²) in [7, 11) is 0. The Morgan fingerprint density at radius 2 is 2.33 bits per heavy atom. The molecule has 1 N–H and O–H groups in total. The molecule has 0 aliphatic carbocycles. The number of ether oxygens (including phenoxy) is 2. The van der Waals surface area contributed by atoms with E-state index in [9.17, 15) is 5.11 Å². The van der Waals surface area contributed by atoms with Crippen LogP contribution in [0.1, 0.15) is 20.3 Å². The fourth-order valence-electron chi connectivity index (χ4n) is 1.28. The molecule has 1 fully saturated rings. The highest BCUT2D eigenvalue weighted by Gasteiger charge is 2.23. The number of aliphatic hydroxyl groups is 1. The van der Waals surface area contributed by atoms with Crippen LogP contribution in [0.2, 0.25) is 0 Å². The zero-order chi connectivity index (χ0) is 8.97. The molecule has 1 aliphatic rings. The lowest BCUT2D eigenvalue weighted by Crippen LogP contribution is -2.35. The average Bonchev–Trinajstić information content (AvgIpc) is 2.03. The van der Waals surface area contributed by atoms with Crippen molar-refractivity contribution < 1.29 is 14.6 Å². The Kier molecular flexibility index (Phi) is 3.98. The first kappa shape index (κ1) is 9.96. The minimum atomic E-state index is -0.336. The lowest BCUT2D eigenvalue weighted by atomic mass is 9.98. The first-order valence-corrected chi connectivity index (χ1v) is 4.57. The second-order valence-electron chi connectivity index (χ2n) is 3.57. The molecular weight excluding hydrogens is 156 g/mol. The van der Waals surface area contributed by atoms with Gasteiger partial charge in [0.25, 0.3) is 0 Å². The Labute approximate surface area is 73.7 Å². The van der Waals surface area contributed by atoms with Crippen molar-refractivity contribution in [3.05, 3.63) is 0 Å². The molecule has 0 radical (unpaired) electrons. The minimum Gasteiger partial charge on any atom is -0.390 e. The van der Waals surface area contributed by atoms with Crippen LogP contribution in [0.5, 0.6) is 0 Å². The van der Waals surface area contributed by atoms with Gasteiger partial charge in [-0.1, -0.05) is 0 Å². The van der Waals surface area contributed by atoms with Gasteiger partial charge in [-0.3, -0.25) is 0 Å². The third-order valence-electron chi connectivity index (χ3n) is 2.11. The van der Waals surface area contributed by atoms with Crippen LogP contribution in [0.3, 0.4) is 0 Å². The molecule has 0 bridgehead atoms. The Balaban J connectivity index is 2.20. The predicted octanol–water partition coefficient (Wildman–Crippen LogP) is 0.809. The molecule has 1 aliphatic heterocycles. The second kappa shape index (κ2) is 4.80. The standard InChI is InChI=1S/C9H18O3/c1-7(2)12-5-8-3-4-11-6-9(8)10/h7-10H,3-6H2,1-2H3. The Bertz CT molecular complexity index is 125. The average molecular weight is 174 g/mol. The smallest absolute Gasteiger partial charge is 0.0824 e. The van der Waals surface area contributed by atoms with Gasteiger partial charge in [-0.15, -0.1) is 0 Å². The molecule has 3 heteroatoms. The molecule has 0 aromatic heterocycles. The Hall–Kier alpha value is -0.120. The lowest BCUT2D eigenvalue weighted by Gasteiger charge is -2.27. The highest BCUT2D eigenvalue weighted by Crippen LogP contribution is 2.16. The Morgan fingerprint density at radius 3 is 2.92 bits per heavy atom. The van der Waals surface area contributed by atoms with Gasteiger partial charge in [-0.05, 0) is 20.3 Å². The quantitative estimate of drug-likeness (QED) is 0.688. The number of hydrogen-bond donors (Lipinski definition) is 1. The van der Waals surface area contributed by atoms with E-state index in [4.69, 9.17) is 9.47 Å². The number of rotatable bonds is 3. The number of aliphatic hydroxyl groups excluding tert-OH is 1. The molecule has 0 amide bonds. The monoisotopic (exact) mass is 174 g/mol. The maximum Gasteiger partial charge on any atom is 0.0824 e. The summed E-state index contributed by atoms with van der Waals surface area (Å²) in [5.74, 6) is 0.265. The lowest BCUT2D eigenvalue weighted by molar-refractivity contribution is -0.0771. The summed E-state index contributed by atoms with van der Waals surface area (Å²) >= 11 is 0. The van der Waals surface area contributed by atoms with Gasteiger partial charge in [-0.25, -0.2) is 0 Å². The molecule has 72 valence electrons. The van der Waals surface area contributed by atoms with Gasteiger partial charge in [0.15, 0.2) is 0 Å². The van der Waals surface area contributed by atoms with Gasteiger partial charge in [0.2, 0.25) is 0 Å². The van der Waals surface area contributed by atoms with E-state index in [1.165, 1.54) is 0 Å². The summed E-state index contributed by atoms with van der Waals surface area (Å²) in [6, 6.07) is 0. The molecule has 0 saturated carbocycles. The normalized spacial score (nSPS) is 31.0. The van der Waals surface area contributed by atoms with Crippen LogP contribution < -0.4 is 0 Å². The van der Waals surface area contributed by atoms with Crippen molar-refractivity contribution in [1.29, 1.82) is 0 Å². The summed E-state index contributed by atoms with van der Waals surface area (Å²) < 4.78 is 10.5. The summed E-state index contributed by atoms with van der Waals surface area (Å²) in [5, 5.41) is 9.48. The molecule has 2 atom stereocenters. The third-order valence-corrected chi connectivity index (χ3v) is 2.11. The van der Waals surface area contributed by atoms with Gasteiger partial charge in [0.05, 0.1) is 25.4 Å². The summed E-state index contributed by atoms with van der Waals surface area (Å²) in [6.07, 6.45) is 0.825. The van der Waals surface area contributed by atoms with E-state index in [1.807, 2.05) is 13.8 Å². The first-order chi connectivity index (χ1) is 5.70. The molecular formula is C9H18O3.